The van der Waals surface area contributed by atoms with E-state index >= 15 is 0 Å². The van der Waals surface area contributed by atoms with E-state index in [0.29, 0.717) is 17.9 Å². The van der Waals surface area contributed by atoms with Crippen molar-refractivity contribution in [3.8, 4) is 0 Å². The summed E-state index contributed by atoms with van der Waals surface area (Å²) in [7, 11) is 0. The van der Waals surface area contributed by atoms with Crippen molar-refractivity contribution in [2.75, 3.05) is 0 Å². The summed E-state index contributed by atoms with van der Waals surface area (Å²) in [4.78, 5) is 12.3. The van der Waals surface area contributed by atoms with Gasteiger partial charge < -0.3 is 11.1 Å². The third kappa shape index (κ3) is 3.53. The third-order valence-corrected chi connectivity index (χ3v) is 4.29. The highest BCUT2D eigenvalue weighted by atomic mass is 35.5. The van der Waals surface area contributed by atoms with Crippen LogP contribution < -0.4 is 11.1 Å². The van der Waals surface area contributed by atoms with Gasteiger partial charge in [-0.2, -0.15) is 0 Å². The van der Waals surface area contributed by atoms with Crippen molar-refractivity contribution in [1.29, 1.82) is 0 Å². The van der Waals surface area contributed by atoms with Gasteiger partial charge in [-0.3, -0.25) is 4.79 Å². The molecule has 3 rings (SSSR count). The zero-order valence-electron chi connectivity index (χ0n) is 11.8. The van der Waals surface area contributed by atoms with Gasteiger partial charge in [0.05, 0.1) is 0 Å². The molecular weight excluding hydrogens is 272 g/mol. The molecule has 2 fully saturated rings. The molecule has 1 unspecified atom stereocenters. The average Bonchev–Trinajstić information content (AvgIpc) is 3.29. The van der Waals surface area contributed by atoms with Crippen molar-refractivity contribution in [2.24, 2.45) is 17.6 Å². The topological polar surface area (TPSA) is 55.1 Å². The van der Waals surface area contributed by atoms with Gasteiger partial charge in [0.25, 0.3) is 0 Å². The second-order valence-electron chi connectivity index (χ2n) is 6.10. The van der Waals surface area contributed by atoms with Crippen molar-refractivity contribution in [2.45, 2.75) is 44.7 Å². The predicted molar refractivity (Wildman–Crippen MR) is 82.7 cm³/mol. The summed E-state index contributed by atoms with van der Waals surface area (Å²) in [5, 5.41) is 3.19. The average molecular weight is 295 g/mol. The van der Waals surface area contributed by atoms with Crippen molar-refractivity contribution in [3.05, 3.63) is 35.4 Å². The summed E-state index contributed by atoms with van der Waals surface area (Å²) in [5.74, 6) is 1.40. The lowest BCUT2D eigenvalue weighted by Crippen LogP contribution is -2.43. The Kier molecular flexibility index (Phi) is 4.71. The maximum absolute atomic E-state index is 12.3. The molecule has 4 heteroatoms. The molecule has 0 radical (unpaired) electrons. The molecule has 0 bridgehead atoms. The molecular formula is C16H23ClN2O. The summed E-state index contributed by atoms with van der Waals surface area (Å²) in [5.41, 5.74) is 8.15. The van der Waals surface area contributed by atoms with E-state index in [0.717, 1.165) is 5.56 Å². The lowest BCUT2D eigenvalue weighted by atomic mass is 10.0. The second kappa shape index (κ2) is 6.15. The number of aryl methyl sites for hydroxylation is 1. The van der Waals surface area contributed by atoms with Crippen LogP contribution in [-0.4, -0.2) is 11.9 Å². The lowest BCUT2D eigenvalue weighted by molar-refractivity contribution is -0.123. The fraction of sp³-hybridized carbons (Fsp3) is 0.562. The highest BCUT2D eigenvalue weighted by molar-refractivity contribution is 5.85. The van der Waals surface area contributed by atoms with Crippen LogP contribution in [0.3, 0.4) is 0 Å². The number of halogens is 1. The molecule has 0 saturated heterocycles. The Morgan fingerprint density at radius 3 is 2.10 bits per heavy atom. The van der Waals surface area contributed by atoms with Crippen LogP contribution in [0.4, 0.5) is 0 Å². The van der Waals surface area contributed by atoms with Crippen LogP contribution in [-0.2, 0) is 4.79 Å². The van der Waals surface area contributed by atoms with E-state index in [4.69, 9.17) is 5.73 Å². The highest BCUT2D eigenvalue weighted by Crippen LogP contribution is 2.44. The number of hydrogen-bond acceptors (Lipinski definition) is 2. The molecule has 1 aromatic rings. The molecule has 3 N–H and O–H groups in total. The Hall–Kier alpha value is -1.06. The van der Waals surface area contributed by atoms with Crippen molar-refractivity contribution in [3.63, 3.8) is 0 Å². The minimum atomic E-state index is -0.541. The number of benzene rings is 1. The molecule has 2 aliphatic rings. The lowest BCUT2D eigenvalue weighted by Gasteiger charge is -2.20. The maximum atomic E-state index is 12.3. The van der Waals surface area contributed by atoms with Crippen molar-refractivity contribution >= 4 is 18.3 Å². The van der Waals surface area contributed by atoms with Crippen LogP contribution in [0, 0.1) is 18.8 Å². The molecule has 3 nitrogen and oxygen atoms in total. The van der Waals surface area contributed by atoms with E-state index < -0.39 is 6.04 Å². The van der Waals surface area contributed by atoms with Crippen LogP contribution in [0.2, 0.25) is 0 Å². The Bertz CT molecular complexity index is 454. The zero-order valence-corrected chi connectivity index (χ0v) is 12.7. The number of carbonyl (C=O) groups is 1. The van der Waals surface area contributed by atoms with E-state index in [2.05, 4.69) is 5.32 Å². The van der Waals surface area contributed by atoms with E-state index in [1.165, 1.54) is 31.2 Å². The fourth-order valence-corrected chi connectivity index (χ4v) is 2.71. The molecule has 1 amide bonds. The number of hydrogen-bond donors (Lipinski definition) is 2. The molecule has 2 aliphatic carbocycles. The van der Waals surface area contributed by atoms with E-state index in [-0.39, 0.29) is 18.3 Å². The maximum Gasteiger partial charge on any atom is 0.241 e. The first-order chi connectivity index (χ1) is 9.15. The number of nitrogens with one attached hydrogen (secondary N) is 1. The van der Waals surface area contributed by atoms with Gasteiger partial charge in [0.2, 0.25) is 5.91 Å². The van der Waals surface area contributed by atoms with Crippen LogP contribution in [0.25, 0.3) is 0 Å². The normalized spacial score (nSPS) is 19.4. The highest BCUT2D eigenvalue weighted by Gasteiger charge is 2.42. The minimum absolute atomic E-state index is 0. The van der Waals surface area contributed by atoms with Crippen LogP contribution in [0.5, 0.6) is 0 Å². The predicted octanol–water partition coefficient (Wildman–Crippen LogP) is 2.72. The molecule has 0 spiro atoms. The number of amides is 1. The monoisotopic (exact) mass is 294 g/mol. The van der Waals surface area contributed by atoms with Gasteiger partial charge in [-0.1, -0.05) is 29.8 Å². The van der Waals surface area contributed by atoms with Crippen LogP contribution in [0.1, 0.15) is 42.9 Å². The largest absolute Gasteiger partial charge is 0.351 e. The number of rotatable bonds is 5. The first-order valence-electron chi connectivity index (χ1n) is 7.27. The first kappa shape index (κ1) is 15.3. The molecule has 20 heavy (non-hydrogen) atoms. The zero-order chi connectivity index (χ0) is 13.4. The Morgan fingerprint density at radius 1 is 1.15 bits per heavy atom. The summed E-state index contributed by atoms with van der Waals surface area (Å²) < 4.78 is 0. The van der Waals surface area contributed by atoms with Gasteiger partial charge in [-0.15, -0.1) is 12.4 Å². The summed E-state index contributed by atoms with van der Waals surface area (Å²) in [6.07, 6.45) is 5.06. The molecule has 1 aromatic carbocycles. The van der Waals surface area contributed by atoms with Crippen molar-refractivity contribution in [1.82, 2.24) is 5.32 Å². The van der Waals surface area contributed by atoms with E-state index in [1.807, 2.05) is 31.2 Å². The molecule has 2 saturated carbocycles. The second-order valence-corrected chi connectivity index (χ2v) is 6.10. The fourth-order valence-electron chi connectivity index (χ4n) is 2.71. The summed E-state index contributed by atoms with van der Waals surface area (Å²) in [6.45, 7) is 2.03. The molecule has 0 heterocycles. The summed E-state index contributed by atoms with van der Waals surface area (Å²) >= 11 is 0. The van der Waals surface area contributed by atoms with Crippen LogP contribution in [0.15, 0.2) is 24.3 Å². The van der Waals surface area contributed by atoms with Crippen LogP contribution >= 0.6 is 12.4 Å². The SMILES string of the molecule is Cc1ccc(C(N)C(=O)NC(C2CC2)C2CC2)cc1.Cl. The van der Waals surface area contributed by atoms with Gasteiger partial charge in [0.15, 0.2) is 0 Å². The Labute approximate surface area is 126 Å². The van der Waals surface area contributed by atoms with Gasteiger partial charge in [-0.25, -0.2) is 0 Å². The van der Waals surface area contributed by atoms with Gasteiger partial charge >= 0.3 is 0 Å². The number of carbonyl (C=O) groups excluding carboxylic acids is 1. The molecule has 110 valence electrons. The standard InChI is InChI=1S/C16H22N2O.ClH/c1-10-2-4-11(5-3-10)14(17)16(19)18-15(12-6-7-12)13-8-9-13;/h2-5,12-15H,6-9,17H2,1H3,(H,18,19);1H. The molecule has 1 atom stereocenters. The van der Waals surface area contributed by atoms with Gasteiger partial charge in [-0.05, 0) is 50.0 Å². The van der Waals surface area contributed by atoms with Gasteiger partial charge in [0, 0.05) is 6.04 Å². The van der Waals surface area contributed by atoms with E-state index in [9.17, 15) is 4.79 Å². The molecule has 0 aliphatic heterocycles. The Balaban J connectivity index is 0.00000147. The first-order valence-corrected chi connectivity index (χ1v) is 7.27. The van der Waals surface area contributed by atoms with Gasteiger partial charge in [0.1, 0.15) is 6.04 Å². The summed E-state index contributed by atoms with van der Waals surface area (Å²) in [6, 6.07) is 7.74. The molecule has 0 aromatic heterocycles. The Morgan fingerprint density at radius 2 is 1.65 bits per heavy atom. The minimum Gasteiger partial charge on any atom is -0.351 e. The van der Waals surface area contributed by atoms with Crippen molar-refractivity contribution < 1.29 is 4.79 Å². The third-order valence-electron chi connectivity index (χ3n) is 4.29. The quantitative estimate of drug-likeness (QED) is 0.877. The van der Waals surface area contributed by atoms with E-state index in [1.54, 1.807) is 0 Å². The smallest absolute Gasteiger partial charge is 0.241 e. The number of nitrogens with two attached hydrogens (primary N) is 1.